The van der Waals surface area contributed by atoms with Crippen LogP contribution in [0.1, 0.15) is 10.4 Å². The summed E-state index contributed by atoms with van der Waals surface area (Å²) >= 11 is 1.59. The second kappa shape index (κ2) is 1.78. The number of rotatable bonds is 0. The summed E-state index contributed by atoms with van der Waals surface area (Å²) < 4.78 is 0. The van der Waals surface area contributed by atoms with Crippen molar-refractivity contribution in [3.05, 3.63) is 16.5 Å². The van der Waals surface area contributed by atoms with Gasteiger partial charge in [-0.05, 0) is 19.4 Å². The lowest BCUT2D eigenvalue weighted by molar-refractivity contribution is 1.44. The normalized spacial score (nSPS) is 9.75. The molecule has 1 aromatic rings. The van der Waals surface area contributed by atoms with Crippen LogP contribution in [0.3, 0.4) is 0 Å². The summed E-state index contributed by atoms with van der Waals surface area (Å²) in [7, 11) is 0. The van der Waals surface area contributed by atoms with E-state index in [1.54, 1.807) is 11.3 Å². The van der Waals surface area contributed by atoms with Crippen LogP contribution >= 0.6 is 11.3 Å². The fourth-order valence-electron chi connectivity index (χ4n) is 0.540. The maximum atomic E-state index is 5.44. The molecule has 1 rings (SSSR count). The fraction of sp³-hybridized carbons (Fsp3) is 0.333. The first kappa shape index (κ1) is 5.63. The maximum absolute atomic E-state index is 5.44. The van der Waals surface area contributed by atoms with Crippen molar-refractivity contribution >= 4 is 16.3 Å². The summed E-state index contributed by atoms with van der Waals surface area (Å²) in [6, 6.07) is 3.00. The van der Waals surface area contributed by atoms with E-state index in [9.17, 15) is 0 Å². The Morgan fingerprint density at radius 1 is 1.50 bits per heavy atom. The summed E-state index contributed by atoms with van der Waals surface area (Å²) in [5.74, 6) is 0. The number of nitrogens with two attached hydrogens (primary N) is 1. The highest BCUT2D eigenvalue weighted by atomic mass is 32.1. The van der Waals surface area contributed by atoms with Gasteiger partial charge >= 0.3 is 0 Å². The zero-order chi connectivity index (χ0) is 6.15. The number of thiophene rings is 1. The monoisotopic (exact) mass is 126 g/mol. The van der Waals surface area contributed by atoms with Gasteiger partial charge in [0.25, 0.3) is 0 Å². The Morgan fingerprint density at radius 2 is 2.12 bits per heavy atom. The van der Waals surface area contributed by atoms with Crippen molar-refractivity contribution in [2.45, 2.75) is 13.8 Å². The molecule has 0 aromatic carbocycles. The van der Waals surface area contributed by atoms with Gasteiger partial charge in [-0.2, -0.15) is 0 Å². The lowest BCUT2D eigenvalue weighted by Crippen LogP contribution is -1.74. The van der Waals surface area contributed by atoms with Gasteiger partial charge in [-0.25, -0.2) is 0 Å². The highest BCUT2D eigenvalue weighted by Crippen LogP contribution is 2.20. The third-order valence-electron chi connectivity index (χ3n) is 1.10. The first-order valence-corrected chi connectivity index (χ1v) is 3.26. The first-order valence-electron chi connectivity index (χ1n) is 2.45. The van der Waals surface area contributed by atoms with Crippen molar-refractivity contribution in [3.8, 4) is 0 Å². The molecular weight excluding hydrogens is 118 g/mol. The Morgan fingerprint density at radius 3 is 2.25 bits per heavy atom. The summed E-state index contributed by atoms with van der Waals surface area (Å²) in [5.41, 5.74) is 6.62. The van der Waals surface area contributed by atoms with Crippen LogP contribution in [0.5, 0.6) is 0 Å². The molecule has 0 unspecified atom stereocenters. The average molecular weight is 126 g/mol. The minimum absolute atomic E-state index is 0.792. The van der Waals surface area contributed by atoms with Gasteiger partial charge in [-0.1, -0.05) is 0 Å². The van der Waals surface area contributed by atoms with E-state index >= 15 is 0 Å². The van der Waals surface area contributed by atoms with E-state index in [1.165, 1.54) is 10.4 Å². The third kappa shape index (κ3) is 0.842. The van der Waals surface area contributed by atoms with E-state index in [1.807, 2.05) is 13.8 Å². The van der Waals surface area contributed by atoms with E-state index in [4.69, 9.17) is 5.73 Å². The zero-order valence-electron chi connectivity index (χ0n) is 4.99. The van der Waals surface area contributed by atoms with Crippen molar-refractivity contribution in [1.82, 2.24) is 0 Å². The number of hydrogen-bond donors (Lipinski definition) is 1. The predicted molar refractivity (Wildman–Crippen MR) is 37.0 cm³/mol. The summed E-state index contributed by atoms with van der Waals surface area (Å²) in [5, 5.41) is 0.792. The Hall–Kier alpha value is -0.500. The molecule has 0 fully saturated rings. The van der Waals surface area contributed by atoms with Gasteiger partial charge in [-0.3, -0.25) is 0 Å². The van der Waals surface area contributed by atoms with Crippen molar-refractivity contribution in [3.63, 3.8) is 0 Å². The second-order valence-corrected chi connectivity index (χ2v) is 3.03. The van der Waals surface area contributed by atoms with Crippen molar-refractivity contribution < 1.29 is 0 Å². The molecule has 8 heavy (non-hydrogen) atoms. The molecular formula is C6H8NS. The minimum Gasteiger partial charge on any atom is -0.390 e. The maximum Gasteiger partial charge on any atom is 0.0942 e. The van der Waals surface area contributed by atoms with Gasteiger partial charge in [0.1, 0.15) is 0 Å². The second-order valence-electron chi connectivity index (χ2n) is 1.77. The first-order chi connectivity index (χ1) is 3.70. The van der Waals surface area contributed by atoms with Gasteiger partial charge in [0.15, 0.2) is 0 Å². The molecule has 0 aliphatic heterocycles. The van der Waals surface area contributed by atoms with Gasteiger partial charge in [-0.15, -0.1) is 11.3 Å². The summed E-state index contributed by atoms with van der Waals surface area (Å²) in [4.78, 5) is 1.27. The molecule has 0 amide bonds. The van der Waals surface area contributed by atoms with Gasteiger partial charge in [0, 0.05) is 10.9 Å². The molecule has 1 heterocycles. The number of aryl methyl sites for hydroxylation is 2. The van der Waals surface area contributed by atoms with Crippen LogP contribution in [-0.2, 0) is 0 Å². The van der Waals surface area contributed by atoms with Crippen molar-refractivity contribution in [2.24, 2.45) is 0 Å². The molecule has 0 atom stereocenters. The zero-order valence-corrected chi connectivity index (χ0v) is 5.80. The minimum atomic E-state index is 0.792. The molecule has 1 aromatic heterocycles. The Balaban J connectivity index is 3.14. The van der Waals surface area contributed by atoms with Crippen LogP contribution in [-0.4, -0.2) is 0 Å². The largest absolute Gasteiger partial charge is 0.390 e. The highest BCUT2D eigenvalue weighted by Gasteiger charge is 1.95. The van der Waals surface area contributed by atoms with Crippen LogP contribution in [0.2, 0.25) is 0 Å². The SMILES string of the molecule is Cc1[c]c(N)sc1C. The van der Waals surface area contributed by atoms with Gasteiger partial charge in [0.2, 0.25) is 0 Å². The topological polar surface area (TPSA) is 26.0 Å². The quantitative estimate of drug-likeness (QED) is 0.563. The number of hydrogen-bond acceptors (Lipinski definition) is 2. The molecule has 0 aliphatic rings. The van der Waals surface area contributed by atoms with Gasteiger partial charge in [0.05, 0.1) is 5.00 Å². The molecule has 2 N–H and O–H groups in total. The van der Waals surface area contributed by atoms with E-state index in [0.29, 0.717) is 0 Å². The Labute approximate surface area is 53.1 Å². The van der Waals surface area contributed by atoms with E-state index < -0.39 is 0 Å². The predicted octanol–water partition coefficient (Wildman–Crippen LogP) is 1.75. The molecule has 0 saturated heterocycles. The average Bonchev–Trinajstić information content (AvgIpc) is 1.85. The van der Waals surface area contributed by atoms with Gasteiger partial charge < -0.3 is 5.73 Å². The van der Waals surface area contributed by atoms with Crippen LogP contribution in [0.25, 0.3) is 0 Å². The Bertz CT molecular complexity index is 171. The lowest BCUT2D eigenvalue weighted by Gasteiger charge is -1.78. The van der Waals surface area contributed by atoms with Crippen molar-refractivity contribution in [1.29, 1.82) is 0 Å². The van der Waals surface area contributed by atoms with Crippen LogP contribution in [0.4, 0.5) is 5.00 Å². The highest BCUT2D eigenvalue weighted by molar-refractivity contribution is 7.15. The molecule has 0 spiro atoms. The number of anilines is 1. The standard InChI is InChI=1S/C6H8NS/c1-4-3-6(7)8-5(4)2/h7H2,1-2H3. The molecule has 43 valence electrons. The lowest BCUT2D eigenvalue weighted by atomic mass is 10.3. The van der Waals surface area contributed by atoms with E-state index in [0.717, 1.165) is 5.00 Å². The molecule has 1 radical (unpaired) electrons. The molecule has 0 saturated carbocycles. The molecule has 0 aliphatic carbocycles. The molecule has 1 nitrogen and oxygen atoms in total. The Kier molecular flexibility index (Phi) is 1.26. The summed E-state index contributed by atoms with van der Waals surface area (Å²) in [6.45, 7) is 4.06. The van der Waals surface area contributed by atoms with Crippen LogP contribution in [0.15, 0.2) is 0 Å². The molecule has 2 heteroatoms. The summed E-state index contributed by atoms with van der Waals surface area (Å²) in [6.07, 6.45) is 0. The van der Waals surface area contributed by atoms with E-state index in [2.05, 4.69) is 6.07 Å². The smallest absolute Gasteiger partial charge is 0.0942 e. The number of nitrogen functional groups attached to an aromatic ring is 1. The van der Waals surface area contributed by atoms with Crippen LogP contribution in [0, 0.1) is 19.9 Å². The van der Waals surface area contributed by atoms with Crippen molar-refractivity contribution in [2.75, 3.05) is 5.73 Å². The third-order valence-corrected chi connectivity index (χ3v) is 2.04. The fourth-order valence-corrected chi connectivity index (χ4v) is 1.28. The molecule has 0 bridgehead atoms. The van der Waals surface area contributed by atoms with E-state index in [-0.39, 0.29) is 0 Å². The van der Waals surface area contributed by atoms with Crippen LogP contribution < -0.4 is 5.73 Å².